The molecule has 0 amide bonds. The summed E-state index contributed by atoms with van der Waals surface area (Å²) in [5.74, 6) is 2.49. The molecule has 30 heavy (non-hydrogen) atoms. The molecule has 2 aliphatic rings. The normalized spacial score (nSPS) is 19.7. The quantitative estimate of drug-likeness (QED) is 0.434. The Balaban J connectivity index is 1.47. The van der Waals surface area contributed by atoms with Gasteiger partial charge >= 0.3 is 0 Å². The molecular weight excluding hydrogens is 400 g/mol. The van der Waals surface area contributed by atoms with Gasteiger partial charge in [0.1, 0.15) is 23.0 Å². The van der Waals surface area contributed by atoms with Gasteiger partial charge < -0.3 is 13.9 Å². The van der Waals surface area contributed by atoms with Crippen LogP contribution in [0.15, 0.2) is 70.4 Å². The minimum atomic E-state index is -0.333. The summed E-state index contributed by atoms with van der Waals surface area (Å²) in [6, 6.07) is 17.7. The fourth-order valence-corrected chi connectivity index (χ4v) is 4.11. The van der Waals surface area contributed by atoms with E-state index in [1.165, 1.54) is 0 Å². The van der Waals surface area contributed by atoms with Gasteiger partial charge in [-0.1, -0.05) is 24.9 Å². The lowest BCUT2D eigenvalue weighted by atomic mass is 9.97. The summed E-state index contributed by atoms with van der Waals surface area (Å²) >= 11 is 6.28. The van der Waals surface area contributed by atoms with Gasteiger partial charge in [-0.15, -0.1) is 0 Å². The second-order valence-corrected chi connectivity index (χ2v) is 7.98. The third-order valence-corrected chi connectivity index (χ3v) is 5.72. The SMILES string of the molecule is CCCCOc1ccc([C@@H]2Oc3ccc(Cl)cc3[C@@H]3CC(c4ccco4)=NN32)cc1. The highest BCUT2D eigenvalue weighted by Crippen LogP contribution is 2.48. The minimum absolute atomic E-state index is 0.0398. The Kier molecular flexibility index (Phi) is 5.13. The molecule has 0 aliphatic carbocycles. The molecule has 0 unspecified atom stereocenters. The highest BCUT2D eigenvalue weighted by Gasteiger charge is 2.41. The molecule has 3 heterocycles. The monoisotopic (exact) mass is 422 g/mol. The second-order valence-electron chi connectivity index (χ2n) is 7.55. The molecule has 0 bridgehead atoms. The van der Waals surface area contributed by atoms with Crippen molar-refractivity contribution in [2.24, 2.45) is 5.10 Å². The van der Waals surface area contributed by atoms with Gasteiger partial charge in [-0.3, -0.25) is 0 Å². The van der Waals surface area contributed by atoms with Gasteiger partial charge in [-0.25, -0.2) is 5.01 Å². The maximum Gasteiger partial charge on any atom is 0.213 e. The van der Waals surface area contributed by atoms with E-state index in [1.54, 1.807) is 6.26 Å². The van der Waals surface area contributed by atoms with Crippen molar-refractivity contribution in [2.45, 2.75) is 38.5 Å². The van der Waals surface area contributed by atoms with Crippen LogP contribution in [-0.4, -0.2) is 17.3 Å². The number of unbranched alkanes of at least 4 members (excludes halogenated alkanes) is 1. The van der Waals surface area contributed by atoms with Crippen LogP contribution in [0, 0.1) is 0 Å². The van der Waals surface area contributed by atoms with Crippen LogP contribution >= 0.6 is 11.6 Å². The Hall–Kier alpha value is -2.92. The molecule has 0 N–H and O–H groups in total. The van der Waals surface area contributed by atoms with Gasteiger partial charge in [0.15, 0.2) is 0 Å². The molecule has 0 spiro atoms. The molecule has 0 saturated carbocycles. The summed E-state index contributed by atoms with van der Waals surface area (Å²) < 4.78 is 17.8. The average molecular weight is 423 g/mol. The van der Waals surface area contributed by atoms with E-state index < -0.39 is 0 Å². The van der Waals surface area contributed by atoms with E-state index in [0.717, 1.165) is 60.0 Å². The number of benzene rings is 2. The van der Waals surface area contributed by atoms with E-state index in [4.69, 9.17) is 30.6 Å². The first-order valence-electron chi connectivity index (χ1n) is 10.3. The van der Waals surface area contributed by atoms with Crippen molar-refractivity contribution < 1.29 is 13.9 Å². The lowest BCUT2D eigenvalue weighted by Gasteiger charge is -2.38. The second kappa shape index (κ2) is 8.07. The standard InChI is InChI=1S/C24H23ClN2O3/c1-2-3-12-28-18-9-6-16(7-10-18)24-27-21(15-20(26-27)23-5-4-13-29-23)19-14-17(25)8-11-22(19)30-24/h4-11,13-14,21,24H,2-3,12,15H2,1H3/t21-,24-/m0/s1. The molecule has 2 aromatic carbocycles. The van der Waals surface area contributed by atoms with Crippen molar-refractivity contribution in [1.29, 1.82) is 0 Å². The molecule has 0 saturated heterocycles. The molecule has 3 aromatic rings. The molecule has 6 heteroatoms. The van der Waals surface area contributed by atoms with Gasteiger partial charge in [0.25, 0.3) is 0 Å². The van der Waals surface area contributed by atoms with Crippen LogP contribution in [0.5, 0.6) is 11.5 Å². The van der Waals surface area contributed by atoms with E-state index in [9.17, 15) is 0 Å². The predicted molar refractivity (Wildman–Crippen MR) is 116 cm³/mol. The van der Waals surface area contributed by atoms with Crippen molar-refractivity contribution in [3.63, 3.8) is 0 Å². The predicted octanol–water partition coefficient (Wildman–Crippen LogP) is 6.35. The first kappa shape index (κ1) is 19.1. The summed E-state index contributed by atoms with van der Waals surface area (Å²) in [5, 5.41) is 7.59. The number of halogens is 1. The summed E-state index contributed by atoms with van der Waals surface area (Å²) in [7, 11) is 0. The van der Waals surface area contributed by atoms with Gasteiger partial charge in [-0.05, 0) is 61.0 Å². The first-order valence-corrected chi connectivity index (χ1v) is 10.7. The topological polar surface area (TPSA) is 47.2 Å². The molecule has 2 atom stereocenters. The fraction of sp³-hybridized carbons (Fsp3) is 0.292. The maximum absolute atomic E-state index is 6.38. The summed E-state index contributed by atoms with van der Waals surface area (Å²) in [5.41, 5.74) is 2.97. The number of hydrogen-bond donors (Lipinski definition) is 0. The number of nitrogens with zero attached hydrogens (tertiary/aromatic N) is 2. The van der Waals surface area contributed by atoms with Crippen LogP contribution in [0.3, 0.4) is 0 Å². The Morgan fingerprint density at radius 1 is 1.17 bits per heavy atom. The molecule has 5 nitrogen and oxygen atoms in total. The first-order chi connectivity index (χ1) is 14.7. The lowest BCUT2D eigenvalue weighted by Crippen LogP contribution is -2.33. The van der Waals surface area contributed by atoms with Crippen molar-refractivity contribution in [3.8, 4) is 11.5 Å². The van der Waals surface area contributed by atoms with Gasteiger partial charge in [-0.2, -0.15) is 5.10 Å². The maximum atomic E-state index is 6.38. The molecular formula is C24H23ClN2O3. The Morgan fingerprint density at radius 3 is 2.80 bits per heavy atom. The van der Waals surface area contributed by atoms with E-state index >= 15 is 0 Å². The smallest absolute Gasteiger partial charge is 0.213 e. The van der Waals surface area contributed by atoms with Crippen molar-refractivity contribution in [2.75, 3.05) is 6.61 Å². The molecule has 5 rings (SSSR count). The van der Waals surface area contributed by atoms with Crippen LogP contribution < -0.4 is 9.47 Å². The lowest BCUT2D eigenvalue weighted by molar-refractivity contribution is -0.0190. The van der Waals surface area contributed by atoms with E-state index in [2.05, 4.69) is 6.92 Å². The third-order valence-electron chi connectivity index (χ3n) is 5.49. The zero-order valence-electron chi connectivity index (χ0n) is 16.8. The van der Waals surface area contributed by atoms with Gasteiger partial charge in [0.05, 0.1) is 18.9 Å². The van der Waals surface area contributed by atoms with Crippen LogP contribution in [0.25, 0.3) is 0 Å². The number of hydrogen-bond acceptors (Lipinski definition) is 5. The van der Waals surface area contributed by atoms with Crippen molar-refractivity contribution in [1.82, 2.24) is 5.01 Å². The number of ether oxygens (including phenoxy) is 2. The third kappa shape index (κ3) is 3.54. The molecule has 0 radical (unpaired) electrons. The van der Waals surface area contributed by atoms with E-state index in [0.29, 0.717) is 5.02 Å². The minimum Gasteiger partial charge on any atom is -0.494 e. The largest absolute Gasteiger partial charge is 0.494 e. The number of hydrazone groups is 1. The van der Waals surface area contributed by atoms with Crippen LogP contribution in [-0.2, 0) is 0 Å². The van der Waals surface area contributed by atoms with Gasteiger partial charge in [0, 0.05) is 22.6 Å². The fourth-order valence-electron chi connectivity index (χ4n) is 3.93. The van der Waals surface area contributed by atoms with Crippen LogP contribution in [0.4, 0.5) is 0 Å². The summed E-state index contributed by atoms with van der Waals surface area (Å²) in [6.45, 7) is 2.89. The van der Waals surface area contributed by atoms with E-state index in [-0.39, 0.29) is 12.3 Å². The summed E-state index contributed by atoms with van der Waals surface area (Å²) in [4.78, 5) is 0. The number of furan rings is 1. The molecule has 1 aromatic heterocycles. The Morgan fingerprint density at radius 2 is 2.03 bits per heavy atom. The zero-order valence-corrected chi connectivity index (χ0v) is 17.5. The zero-order chi connectivity index (χ0) is 20.5. The van der Waals surface area contributed by atoms with Gasteiger partial charge in [0.2, 0.25) is 6.23 Å². The highest BCUT2D eigenvalue weighted by molar-refractivity contribution is 6.30. The van der Waals surface area contributed by atoms with E-state index in [1.807, 2.05) is 59.6 Å². The molecule has 154 valence electrons. The highest BCUT2D eigenvalue weighted by atomic mass is 35.5. The van der Waals surface area contributed by atoms with Crippen LogP contribution in [0.2, 0.25) is 5.02 Å². The Labute approximate surface area is 180 Å². The van der Waals surface area contributed by atoms with Crippen molar-refractivity contribution >= 4 is 17.3 Å². The summed E-state index contributed by atoms with van der Waals surface area (Å²) in [6.07, 6.45) is 4.24. The molecule has 0 fully saturated rings. The number of rotatable bonds is 6. The molecule has 2 aliphatic heterocycles. The number of fused-ring (bicyclic) bond motifs is 3. The van der Waals surface area contributed by atoms with Crippen molar-refractivity contribution in [3.05, 3.63) is 82.8 Å². The Bertz CT molecular complexity index is 1050. The average Bonchev–Trinajstić information content (AvgIpc) is 3.44. The van der Waals surface area contributed by atoms with Crippen LogP contribution in [0.1, 0.15) is 55.3 Å².